The van der Waals surface area contributed by atoms with Gasteiger partial charge in [-0.2, -0.15) is 0 Å². The Labute approximate surface area is 174 Å². The minimum Gasteiger partial charge on any atom is -0.341 e. The van der Waals surface area contributed by atoms with Gasteiger partial charge in [0.15, 0.2) is 0 Å². The maximum Gasteiger partial charge on any atom is 0.253 e. The van der Waals surface area contributed by atoms with Gasteiger partial charge < -0.3 is 15.5 Å². The van der Waals surface area contributed by atoms with Gasteiger partial charge >= 0.3 is 0 Å². The lowest BCUT2D eigenvalue weighted by molar-refractivity contribution is 0.0745. The molecule has 0 saturated carbocycles. The van der Waals surface area contributed by atoms with Crippen LogP contribution in [0.2, 0.25) is 0 Å². The van der Waals surface area contributed by atoms with Crippen molar-refractivity contribution in [2.24, 2.45) is 11.1 Å². The summed E-state index contributed by atoms with van der Waals surface area (Å²) in [7, 11) is 1.79. The highest BCUT2D eigenvalue weighted by Gasteiger charge is 2.21. The Morgan fingerprint density at radius 3 is 2.10 bits per heavy atom. The van der Waals surface area contributed by atoms with Crippen LogP contribution in [-0.2, 0) is 6.42 Å². The molecule has 0 radical (unpaired) electrons. The summed E-state index contributed by atoms with van der Waals surface area (Å²) >= 11 is 0. The molecule has 0 fully saturated rings. The minimum atomic E-state index is -0.0977. The molecule has 29 heavy (non-hydrogen) atoms. The van der Waals surface area contributed by atoms with Crippen LogP contribution in [0.3, 0.4) is 0 Å². The Hall–Kier alpha value is -2.66. The van der Waals surface area contributed by atoms with Crippen molar-refractivity contribution in [2.45, 2.75) is 27.2 Å². The van der Waals surface area contributed by atoms with Crippen molar-refractivity contribution in [3.63, 3.8) is 0 Å². The fraction of sp³-hybridized carbons (Fsp3) is 0.417. The summed E-state index contributed by atoms with van der Waals surface area (Å²) in [5.74, 6) is -0.177. The van der Waals surface area contributed by atoms with Gasteiger partial charge in [0.05, 0.1) is 0 Å². The van der Waals surface area contributed by atoms with Crippen LogP contribution in [-0.4, -0.2) is 54.8 Å². The fourth-order valence-corrected chi connectivity index (χ4v) is 3.35. The number of hydrogen-bond acceptors (Lipinski definition) is 3. The highest BCUT2D eigenvalue weighted by molar-refractivity contribution is 5.99. The second kappa shape index (κ2) is 10.2. The van der Waals surface area contributed by atoms with Gasteiger partial charge in [0.1, 0.15) is 0 Å². The summed E-state index contributed by atoms with van der Waals surface area (Å²) in [6, 6.07) is 17.0. The Kier molecular flexibility index (Phi) is 7.97. The number of rotatable bonds is 8. The summed E-state index contributed by atoms with van der Waals surface area (Å²) in [5.41, 5.74) is 7.96. The van der Waals surface area contributed by atoms with Gasteiger partial charge in [0, 0.05) is 44.4 Å². The monoisotopic (exact) mass is 395 g/mol. The van der Waals surface area contributed by atoms with Crippen LogP contribution >= 0.6 is 0 Å². The maximum absolute atomic E-state index is 13.1. The third kappa shape index (κ3) is 7.02. The van der Waals surface area contributed by atoms with E-state index >= 15 is 0 Å². The van der Waals surface area contributed by atoms with E-state index in [1.807, 2.05) is 18.2 Å². The number of carbonyl (C=O) groups excluding carboxylic acids is 2. The van der Waals surface area contributed by atoms with E-state index in [0.717, 1.165) is 6.42 Å². The molecule has 2 rings (SSSR count). The molecule has 0 heterocycles. The van der Waals surface area contributed by atoms with Gasteiger partial charge in [0.25, 0.3) is 11.8 Å². The van der Waals surface area contributed by atoms with E-state index < -0.39 is 0 Å². The van der Waals surface area contributed by atoms with E-state index in [4.69, 9.17) is 5.73 Å². The lowest BCUT2D eigenvalue weighted by Gasteiger charge is -2.27. The third-order valence-electron chi connectivity index (χ3n) is 4.61. The SMILES string of the molecule is CN(CC(C)(C)C)C(=O)c1cccc(C(=O)N(CCN)CCc2ccccc2)c1. The highest BCUT2D eigenvalue weighted by Crippen LogP contribution is 2.17. The van der Waals surface area contributed by atoms with Crippen molar-refractivity contribution in [2.75, 3.05) is 33.2 Å². The fourth-order valence-electron chi connectivity index (χ4n) is 3.35. The summed E-state index contributed by atoms with van der Waals surface area (Å²) in [4.78, 5) is 29.3. The van der Waals surface area contributed by atoms with E-state index in [1.54, 1.807) is 41.1 Å². The molecule has 0 aliphatic carbocycles. The van der Waals surface area contributed by atoms with Crippen molar-refractivity contribution in [1.29, 1.82) is 0 Å². The highest BCUT2D eigenvalue weighted by atomic mass is 16.2. The largest absolute Gasteiger partial charge is 0.341 e. The molecule has 0 atom stereocenters. The van der Waals surface area contributed by atoms with Crippen LogP contribution in [0.1, 0.15) is 47.1 Å². The Balaban J connectivity index is 2.13. The van der Waals surface area contributed by atoms with Crippen LogP contribution in [0.4, 0.5) is 0 Å². The molecule has 5 heteroatoms. The number of amides is 2. The van der Waals surface area contributed by atoms with Crippen LogP contribution in [0.5, 0.6) is 0 Å². The van der Waals surface area contributed by atoms with Crippen LogP contribution < -0.4 is 5.73 Å². The van der Waals surface area contributed by atoms with Gasteiger partial charge in [-0.05, 0) is 35.6 Å². The zero-order valence-corrected chi connectivity index (χ0v) is 18.0. The number of nitrogens with two attached hydrogens (primary N) is 1. The number of carbonyl (C=O) groups is 2. The number of nitrogens with zero attached hydrogens (tertiary/aromatic N) is 2. The Morgan fingerprint density at radius 2 is 1.52 bits per heavy atom. The molecular formula is C24H33N3O2. The van der Waals surface area contributed by atoms with E-state index in [9.17, 15) is 9.59 Å². The van der Waals surface area contributed by atoms with Crippen LogP contribution in [0.15, 0.2) is 54.6 Å². The average Bonchev–Trinajstić information content (AvgIpc) is 2.69. The quantitative estimate of drug-likeness (QED) is 0.744. The Morgan fingerprint density at radius 1 is 0.897 bits per heavy atom. The molecule has 0 spiro atoms. The van der Waals surface area contributed by atoms with Crippen molar-refractivity contribution in [3.05, 3.63) is 71.3 Å². The third-order valence-corrected chi connectivity index (χ3v) is 4.61. The maximum atomic E-state index is 13.1. The molecule has 0 bridgehead atoms. The topological polar surface area (TPSA) is 66.6 Å². The number of benzene rings is 2. The molecule has 2 N–H and O–H groups in total. The van der Waals surface area contributed by atoms with Gasteiger partial charge in [-0.3, -0.25) is 9.59 Å². The summed E-state index contributed by atoms with van der Waals surface area (Å²) in [5, 5.41) is 0. The van der Waals surface area contributed by atoms with Crippen molar-refractivity contribution < 1.29 is 9.59 Å². The minimum absolute atomic E-state index is 0.00715. The molecule has 5 nitrogen and oxygen atoms in total. The number of hydrogen-bond donors (Lipinski definition) is 1. The standard InChI is InChI=1S/C24H33N3O2/c1-24(2,3)18-26(4)22(28)20-11-8-12-21(17-20)23(29)27(16-14-25)15-13-19-9-6-5-7-10-19/h5-12,17H,13-16,18,25H2,1-4H3. The summed E-state index contributed by atoms with van der Waals surface area (Å²) < 4.78 is 0. The second-order valence-corrected chi connectivity index (χ2v) is 8.62. The van der Waals surface area contributed by atoms with Crippen LogP contribution in [0, 0.1) is 5.41 Å². The van der Waals surface area contributed by atoms with Gasteiger partial charge in [0.2, 0.25) is 0 Å². The van der Waals surface area contributed by atoms with Crippen LogP contribution in [0.25, 0.3) is 0 Å². The average molecular weight is 396 g/mol. The predicted molar refractivity (Wildman–Crippen MR) is 118 cm³/mol. The summed E-state index contributed by atoms with van der Waals surface area (Å²) in [6.07, 6.45) is 0.763. The first-order chi connectivity index (χ1) is 13.7. The molecule has 0 aliphatic heterocycles. The molecular weight excluding hydrogens is 362 g/mol. The lowest BCUT2D eigenvalue weighted by atomic mass is 9.96. The molecule has 0 aromatic heterocycles. The van der Waals surface area contributed by atoms with E-state index in [1.165, 1.54) is 5.56 Å². The first kappa shape index (κ1) is 22.6. The van der Waals surface area contributed by atoms with E-state index in [-0.39, 0.29) is 17.2 Å². The van der Waals surface area contributed by atoms with Gasteiger partial charge in [-0.25, -0.2) is 0 Å². The normalized spacial score (nSPS) is 11.2. The van der Waals surface area contributed by atoms with Crippen molar-refractivity contribution in [3.8, 4) is 0 Å². The second-order valence-electron chi connectivity index (χ2n) is 8.62. The molecule has 0 unspecified atom stereocenters. The molecule has 156 valence electrons. The molecule has 2 aromatic carbocycles. The first-order valence-corrected chi connectivity index (χ1v) is 10.1. The molecule has 2 aromatic rings. The van der Waals surface area contributed by atoms with E-state index in [0.29, 0.717) is 37.3 Å². The van der Waals surface area contributed by atoms with Gasteiger partial charge in [-0.15, -0.1) is 0 Å². The van der Waals surface area contributed by atoms with Crippen molar-refractivity contribution >= 4 is 11.8 Å². The predicted octanol–water partition coefficient (Wildman–Crippen LogP) is 3.45. The smallest absolute Gasteiger partial charge is 0.253 e. The zero-order chi connectivity index (χ0) is 21.4. The lowest BCUT2D eigenvalue weighted by Crippen LogP contribution is -2.37. The van der Waals surface area contributed by atoms with Gasteiger partial charge in [-0.1, -0.05) is 57.2 Å². The first-order valence-electron chi connectivity index (χ1n) is 10.1. The molecule has 0 saturated heterocycles. The molecule has 2 amide bonds. The molecule has 0 aliphatic rings. The Bertz CT molecular complexity index is 812. The van der Waals surface area contributed by atoms with E-state index in [2.05, 4.69) is 32.9 Å². The summed E-state index contributed by atoms with van der Waals surface area (Å²) in [6.45, 7) is 8.38. The zero-order valence-electron chi connectivity index (χ0n) is 18.0. The van der Waals surface area contributed by atoms with Crippen molar-refractivity contribution in [1.82, 2.24) is 9.80 Å².